The van der Waals surface area contributed by atoms with Crippen LogP contribution in [0.3, 0.4) is 0 Å². The topological polar surface area (TPSA) is 28.2 Å². The van der Waals surface area contributed by atoms with E-state index in [2.05, 4.69) is 44.0 Å². The monoisotopic (exact) mass is 261 g/mol. The second-order valence-corrected chi connectivity index (χ2v) is 5.74. The van der Waals surface area contributed by atoms with Crippen molar-refractivity contribution in [2.45, 2.75) is 59.5 Å². The van der Waals surface area contributed by atoms with E-state index < -0.39 is 0 Å². The smallest absolute Gasteiger partial charge is 0.133 e. The minimum Gasteiger partial charge on any atom is -0.354 e. The minimum absolute atomic E-state index is 0.624. The molecule has 0 amide bonds. The van der Waals surface area contributed by atoms with Gasteiger partial charge in [-0.25, -0.2) is 4.98 Å². The first-order chi connectivity index (χ1) is 9.13. The summed E-state index contributed by atoms with van der Waals surface area (Å²) in [5, 5.41) is 3.52. The Morgan fingerprint density at radius 1 is 1.42 bits per heavy atom. The molecule has 1 N–H and O–H groups in total. The maximum absolute atomic E-state index is 4.83. The van der Waals surface area contributed by atoms with Gasteiger partial charge in [0.2, 0.25) is 0 Å². The first kappa shape index (κ1) is 14.3. The molecule has 106 valence electrons. The molecule has 2 heterocycles. The highest BCUT2D eigenvalue weighted by atomic mass is 15.2. The summed E-state index contributed by atoms with van der Waals surface area (Å²) in [6.45, 7) is 12.0. The largest absolute Gasteiger partial charge is 0.354 e. The maximum Gasteiger partial charge on any atom is 0.133 e. The summed E-state index contributed by atoms with van der Waals surface area (Å²) in [6, 6.07) is 2.83. The van der Waals surface area contributed by atoms with E-state index in [-0.39, 0.29) is 0 Å². The molecule has 0 aliphatic carbocycles. The van der Waals surface area contributed by atoms with E-state index in [0.29, 0.717) is 6.04 Å². The van der Waals surface area contributed by atoms with Crippen LogP contribution in [-0.2, 0) is 6.54 Å². The van der Waals surface area contributed by atoms with Crippen molar-refractivity contribution >= 4 is 5.82 Å². The van der Waals surface area contributed by atoms with E-state index in [9.17, 15) is 0 Å². The van der Waals surface area contributed by atoms with Crippen molar-refractivity contribution in [1.82, 2.24) is 10.3 Å². The molecule has 3 nitrogen and oxygen atoms in total. The standard InChI is InChI=1S/C16H27N3/c1-5-8-17-11-15-12(2)10-13(3)18-16(15)19-9-6-7-14(19)4/h10,14,17H,5-9,11H2,1-4H3. The van der Waals surface area contributed by atoms with Crippen LogP contribution in [0.4, 0.5) is 5.82 Å². The van der Waals surface area contributed by atoms with Crippen LogP contribution in [0.25, 0.3) is 0 Å². The van der Waals surface area contributed by atoms with Gasteiger partial charge in [-0.15, -0.1) is 0 Å². The van der Waals surface area contributed by atoms with Crippen molar-refractivity contribution in [3.05, 3.63) is 22.9 Å². The van der Waals surface area contributed by atoms with Crippen molar-refractivity contribution in [3.63, 3.8) is 0 Å². The summed E-state index contributed by atoms with van der Waals surface area (Å²) in [5.74, 6) is 1.21. The molecular formula is C16H27N3. The van der Waals surface area contributed by atoms with Gasteiger partial charge in [0, 0.05) is 30.4 Å². The lowest BCUT2D eigenvalue weighted by Crippen LogP contribution is -2.30. The molecule has 1 aromatic rings. The fourth-order valence-electron chi connectivity index (χ4n) is 2.94. The van der Waals surface area contributed by atoms with E-state index in [1.165, 1.54) is 36.2 Å². The Morgan fingerprint density at radius 2 is 2.21 bits per heavy atom. The molecule has 1 aromatic heterocycles. The van der Waals surface area contributed by atoms with Crippen LogP contribution in [0, 0.1) is 13.8 Å². The lowest BCUT2D eigenvalue weighted by molar-refractivity contribution is 0.662. The van der Waals surface area contributed by atoms with Crippen molar-refractivity contribution < 1.29 is 0 Å². The van der Waals surface area contributed by atoms with Gasteiger partial charge in [-0.2, -0.15) is 0 Å². The second-order valence-electron chi connectivity index (χ2n) is 5.74. The Kier molecular flexibility index (Phi) is 4.81. The van der Waals surface area contributed by atoms with Crippen LogP contribution in [-0.4, -0.2) is 24.1 Å². The lowest BCUT2D eigenvalue weighted by atomic mass is 10.1. The molecule has 1 saturated heterocycles. The van der Waals surface area contributed by atoms with Crippen molar-refractivity contribution in [2.75, 3.05) is 18.0 Å². The van der Waals surface area contributed by atoms with Crippen LogP contribution in [0.1, 0.15) is 49.9 Å². The fraction of sp³-hybridized carbons (Fsp3) is 0.688. The SMILES string of the molecule is CCCNCc1c(C)cc(C)nc1N1CCCC1C. The third-order valence-electron chi connectivity index (χ3n) is 4.01. The van der Waals surface area contributed by atoms with Gasteiger partial charge in [0.15, 0.2) is 0 Å². The van der Waals surface area contributed by atoms with Gasteiger partial charge in [-0.3, -0.25) is 0 Å². The maximum atomic E-state index is 4.83. The Balaban J connectivity index is 2.28. The first-order valence-electron chi connectivity index (χ1n) is 7.58. The lowest BCUT2D eigenvalue weighted by Gasteiger charge is -2.26. The molecule has 3 heteroatoms. The number of anilines is 1. The van der Waals surface area contributed by atoms with Gasteiger partial charge < -0.3 is 10.2 Å². The zero-order valence-electron chi connectivity index (χ0n) is 12.8. The van der Waals surface area contributed by atoms with E-state index in [1.807, 2.05) is 0 Å². The zero-order chi connectivity index (χ0) is 13.8. The fourth-order valence-corrected chi connectivity index (χ4v) is 2.94. The third kappa shape index (κ3) is 3.27. The summed E-state index contributed by atoms with van der Waals surface area (Å²) in [5.41, 5.74) is 3.88. The Hall–Kier alpha value is -1.09. The molecule has 0 saturated carbocycles. The van der Waals surface area contributed by atoms with Crippen molar-refractivity contribution in [2.24, 2.45) is 0 Å². The number of rotatable bonds is 5. The summed E-state index contributed by atoms with van der Waals surface area (Å²) < 4.78 is 0. The van der Waals surface area contributed by atoms with Crippen molar-refractivity contribution in [3.8, 4) is 0 Å². The zero-order valence-corrected chi connectivity index (χ0v) is 12.8. The number of aryl methyl sites for hydroxylation is 2. The minimum atomic E-state index is 0.624. The highest BCUT2D eigenvalue weighted by Gasteiger charge is 2.24. The molecule has 0 radical (unpaired) electrons. The van der Waals surface area contributed by atoms with Crippen LogP contribution in [0.5, 0.6) is 0 Å². The molecule has 0 bridgehead atoms. The van der Waals surface area contributed by atoms with Gasteiger partial charge in [-0.05, 0) is 58.2 Å². The van der Waals surface area contributed by atoms with Gasteiger partial charge in [0.1, 0.15) is 5.82 Å². The van der Waals surface area contributed by atoms with Crippen molar-refractivity contribution in [1.29, 1.82) is 0 Å². The number of nitrogens with one attached hydrogen (secondary N) is 1. The van der Waals surface area contributed by atoms with E-state index in [4.69, 9.17) is 4.98 Å². The van der Waals surface area contributed by atoms with Crippen LogP contribution in [0.2, 0.25) is 0 Å². The van der Waals surface area contributed by atoms with Crippen LogP contribution >= 0.6 is 0 Å². The Bertz CT molecular complexity index is 428. The molecule has 0 spiro atoms. The van der Waals surface area contributed by atoms with E-state index in [1.54, 1.807) is 0 Å². The van der Waals surface area contributed by atoms with Gasteiger partial charge in [0.05, 0.1) is 0 Å². The average molecular weight is 261 g/mol. The summed E-state index contributed by atoms with van der Waals surface area (Å²) in [4.78, 5) is 7.32. The Morgan fingerprint density at radius 3 is 2.84 bits per heavy atom. The van der Waals surface area contributed by atoms with Crippen LogP contribution < -0.4 is 10.2 Å². The highest BCUT2D eigenvalue weighted by molar-refractivity contribution is 5.53. The van der Waals surface area contributed by atoms with Gasteiger partial charge in [0.25, 0.3) is 0 Å². The molecule has 19 heavy (non-hydrogen) atoms. The molecule has 1 atom stereocenters. The predicted octanol–water partition coefficient (Wildman–Crippen LogP) is 3.19. The molecule has 2 rings (SSSR count). The second kappa shape index (κ2) is 6.38. The summed E-state index contributed by atoms with van der Waals surface area (Å²) >= 11 is 0. The number of pyridine rings is 1. The predicted molar refractivity (Wildman–Crippen MR) is 81.8 cm³/mol. The Labute approximate surface area is 117 Å². The number of nitrogens with zero attached hydrogens (tertiary/aromatic N) is 2. The molecule has 0 aromatic carbocycles. The molecular weight excluding hydrogens is 234 g/mol. The first-order valence-corrected chi connectivity index (χ1v) is 7.58. The molecule has 1 aliphatic heterocycles. The normalized spacial score (nSPS) is 19.2. The van der Waals surface area contributed by atoms with Gasteiger partial charge in [-0.1, -0.05) is 6.92 Å². The summed E-state index contributed by atoms with van der Waals surface area (Å²) in [6.07, 6.45) is 3.75. The van der Waals surface area contributed by atoms with Crippen LogP contribution in [0.15, 0.2) is 6.07 Å². The average Bonchev–Trinajstić information content (AvgIpc) is 2.78. The molecule has 1 fully saturated rings. The third-order valence-corrected chi connectivity index (χ3v) is 4.01. The highest BCUT2D eigenvalue weighted by Crippen LogP contribution is 2.29. The number of aromatic nitrogens is 1. The van der Waals surface area contributed by atoms with E-state index >= 15 is 0 Å². The number of hydrogen-bond acceptors (Lipinski definition) is 3. The van der Waals surface area contributed by atoms with Gasteiger partial charge >= 0.3 is 0 Å². The quantitative estimate of drug-likeness (QED) is 0.825. The van der Waals surface area contributed by atoms with E-state index in [0.717, 1.165) is 25.3 Å². The number of hydrogen-bond donors (Lipinski definition) is 1. The summed E-state index contributed by atoms with van der Waals surface area (Å²) in [7, 11) is 0. The molecule has 1 aliphatic rings. The molecule has 1 unspecified atom stereocenters.